The minimum Gasteiger partial charge on any atom is -0.497 e. The van der Waals surface area contributed by atoms with Gasteiger partial charge in [0.25, 0.3) is 0 Å². The van der Waals surface area contributed by atoms with Crippen LogP contribution in [-0.2, 0) is 6.54 Å². The number of ether oxygens (including phenoxy) is 2. The summed E-state index contributed by atoms with van der Waals surface area (Å²) in [5.74, 6) is 2.68. The average Bonchev–Trinajstić information content (AvgIpc) is 2.67. The predicted octanol–water partition coefficient (Wildman–Crippen LogP) is 4.47. The number of benzene rings is 2. The van der Waals surface area contributed by atoms with Crippen LogP contribution in [0.25, 0.3) is 0 Å². The molecule has 1 aromatic heterocycles. The van der Waals surface area contributed by atoms with Crippen LogP contribution in [0, 0.1) is 13.8 Å². The van der Waals surface area contributed by atoms with Crippen molar-refractivity contribution in [2.24, 2.45) is 0 Å². The van der Waals surface area contributed by atoms with Crippen LogP contribution < -0.4 is 20.1 Å². The third kappa shape index (κ3) is 4.88. The minimum atomic E-state index is 0.575. The van der Waals surface area contributed by atoms with Crippen LogP contribution in [0.2, 0.25) is 0 Å². The van der Waals surface area contributed by atoms with Crippen LogP contribution in [-0.4, -0.2) is 24.2 Å². The molecule has 0 aliphatic heterocycles. The van der Waals surface area contributed by atoms with Crippen molar-refractivity contribution in [2.75, 3.05) is 24.9 Å². The second-order valence-corrected chi connectivity index (χ2v) is 6.25. The molecule has 0 radical (unpaired) electrons. The fourth-order valence-corrected chi connectivity index (χ4v) is 2.64. The summed E-state index contributed by atoms with van der Waals surface area (Å²) < 4.78 is 10.7. The van der Waals surface area contributed by atoms with E-state index in [2.05, 4.69) is 51.8 Å². The summed E-state index contributed by atoms with van der Waals surface area (Å²) in [6.45, 7) is 4.68. The summed E-state index contributed by atoms with van der Waals surface area (Å²) in [7, 11) is 3.25. The number of nitrogens with one attached hydrogen (secondary N) is 2. The van der Waals surface area contributed by atoms with Crippen molar-refractivity contribution < 1.29 is 9.47 Å². The molecule has 0 bridgehead atoms. The molecule has 0 atom stereocenters. The molecule has 27 heavy (non-hydrogen) atoms. The summed E-state index contributed by atoms with van der Waals surface area (Å²) in [6.07, 6.45) is 0. The zero-order valence-corrected chi connectivity index (χ0v) is 16.0. The number of nitrogens with zero attached hydrogens (tertiary/aromatic N) is 2. The van der Waals surface area contributed by atoms with Crippen LogP contribution in [0.3, 0.4) is 0 Å². The lowest BCUT2D eigenvalue weighted by Gasteiger charge is -2.13. The fraction of sp³-hybridized carbons (Fsp3) is 0.238. The number of aromatic nitrogens is 2. The highest BCUT2D eigenvalue weighted by Crippen LogP contribution is 2.31. The summed E-state index contributed by atoms with van der Waals surface area (Å²) >= 11 is 0. The zero-order chi connectivity index (χ0) is 19.2. The molecule has 0 aliphatic rings. The highest BCUT2D eigenvalue weighted by Gasteiger charge is 2.08. The average molecular weight is 364 g/mol. The van der Waals surface area contributed by atoms with E-state index in [-0.39, 0.29) is 0 Å². The number of hydrogen-bond acceptors (Lipinski definition) is 6. The quantitative estimate of drug-likeness (QED) is 0.645. The SMILES string of the molecule is COc1ccc(Nc2cc(C)nc(NCc3ccc(C)cc3)n2)c(OC)c1. The van der Waals surface area contributed by atoms with Gasteiger partial charge in [-0.1, -0.05) is 29.8 Å². The first kappa shape index (κ1) is 18.5. The van der Waals surface area contributed by atoms with Gasteiger partial charge in [-0.15, -0.1) is 0 Å². The number of methoxy groups -OCH3 is 2. The Balaban J connectivity index is 1.76. The van der Waals surface area contributed by atoms with Crippen molar-refractivity contribution in [1.29, 1.82) is 0 Å². The lowest BCUT2D eigenvalue weighted by Crippen LogP contribution is -2.06. The Hall–Kier alpha value is -3.28. The standard InChI is InChI=1S/C21H24N4O2/c1-14-5-7-16(8-6-14)13-22-21-23-15(2)11-20(25-21)24-18-10-9-17(26-3)12-19(18)27-4/h5-12H,13H2,1-4H3,(H2,22,23,24,25). The summed E-state index contributed by atoms with van der Waals surface area (Å²) in [6, 6.07) is 15.9. The van der Waals surface area contributed by atoms with E-state index in [1.165, 1.54) is 11.1 Å². The van der Waals surface area contributed by atoms with Crippen molar-refractivity contribution in [3.63, 3.8) is 0 Å². The Bertz CT molecular complexity index is 911. The van der Waals surface area contributed by atoms with Crippen LogP contribution in [0.1, 0.15) is 16.8 Å². The van der Waals surface area contributed by atoms with Crippen molar-refractivity contribution in [1.82, 2.24) is 9.97 Å². The molecule has 3 rings (SSSR count). The number of rotatable bonds is 7. The van der Waals surface area contributed by atoms with Gasteiger partial charge >= 0.3 is 0 Å². The minimum absolute atomic E-state index is 0.575. The van der Waals surface area contributed by atoms with Crippen molar-refractivity contribution in [2.45, 2.75) is 20.4 Å². The maximum absolute atomic E-state index is 5.43. The van der Waals surface area contributed by atoms with Gasteiger partial charge in [0.05, 0.1) is 19.9 Å². The Morgan fingerprint density at radius 3 is 2.37 bits per heavy atom. The fourth-order valence-electron chi connectivity index (χ4n) is 2.64. The lowest BCUT2D eigenvalue weighted by atomic mass is 10.1. The Labute approximate surface area is 159 Å². The third-order valence-electron chi connectivity index (χ3n) is 4.10. The molecular formula is C21H24N4O2. The van der Waals surface area contributed by atoms with Crippen molar-refractivity contribution in [3.05, 3.63) is 65.4 Å². The lowest BCUT2D eigenvalue weighted by molar-refractivity contribution is 0.395. The van der Waals surface area contributed by atoms with Gasteiger partial charge in [-0.05, 0) is 31.5 Å². The van der Waals surface area contributed by atoms with Gasteiger partial charge < -0.3 is 20.1 Å². The second-order valence-electron chi connectivity index (χ2n) is 6.25. The van der Waals surface area contributed by atoms with E-state index in [1.807, 2.05) is 31.2 Å². The molecule has 0 fully saturated rings. The van der Waals surface area contributed by atoms with Crippen LogP contribution in [0.15, 0.2) is 48.5 Å². The molecule has 0 unspecified atom stereocenters. The van der Waals surface area contributed by atoms with Gasteiger partial charge in [-0.25, -0.2) is 4.98 Å². The Morgan fingerprint density at radius 2 is 1.67 bits per heavy atom. The monoisotopic (exact) mass is 364 g/mol. The van der Waals surface area contributed by atoms with Gasteiger partial charge in [-0.3, -0.25) is 0 Å². The molecule has 2 N–H and O–H groups in total. The molecule has 1 heterocycles. The summed E-state index contributed by atoms with van der Waals surface area (Å²) in [4.78, 5) is 9.02. The highest BCUT2D eigenvalue weighted by atomic mass is 16.5. The van der Waals surface area contributed by atoms with Gasteiger partial charge in [0.2, 0.25) is 5.95 Å². The van der Waals surface area contributed by atoms with E-state index in [0.717, 1.165) is 17.1 Å². The first-order valence-corrected chi connectivity index (χ1v) is 8.71. The van der Waals surface area contributed by atoms with Crippen LogP contribution in [0.4, 0.5) is 17.5 Å². The van der Waals surface area contributed by atoms with Gasteiger partial charge in [0.1, 0.15) is 17.3 Å². The van der Waals surface area contributed by atoms with Gasteiger partial charge in [-0.2, -0.15) is 4.98 Å². The molecule has 0 spiro atoms. The Morgan fingerprint density at radius 1 is 0.889 bits per heavy atom. The maximum Gasteiger partial charge on any atom is 0.225 e. The van der Waals surface area contributed by atoms with E-state index in [4.69, 9.17) is 9.47 Å². The molecule has 2 aromatic carbocycles. The smallest absolute Gasteiger partial charge is 0.225 e. The second kappa shape index (κ2) is 8.40. The molecule has 140 valence electrons. The molecule has 6 heteroatoms. The molecule has 3 aromatic rings. The largest absolute Gasteiger partial charge is 0.497 e. The molecule has 0 amide bonds. The van der Waals surface area contributed by atoms with E-state index < -0.39 is 0 Å². The summed E-state index contributed by atoms with van der Waals surface area (Å²) in [5, 5.41) is 6.57. The molecule has 0 aliphatic carbocycles. The molecule has 0 saturated carbocycles. The van der Waals surface area contributed by atoms with Crippen molar-refractivity contribution >= 4 is 17.5 Å². The van der Waals surface area contributed by atoms with Crippen LogP contribution in [0.5, 0.6) is 11.5 Å². The first-order valence-electron chi connectivity index (χ1n) is 8.71. The molecule has 0 saturated heterocycles. The predicted molar refractivity (Wildman–Crippen MR) is 108 cm³/mol. The number of hydrogen-bond donors (Lipinski definition) is 2. The first-order chi connectivity index (χ1) is 13.1. The third-order valence-corrected chi connectivity index (χ3v) is 4.10. The van der Waals surface area contributed by atoms with E-state index >= 15 is 0 Å². The summed E-state index contributed by atoms with van der Waals surface area (Å²) in [5.41, 5.74) is 4.09. The zero-order valence-electron chi connectivity index (χ0n) is 16.0. The molecular weight excluding hydrogens is 340 g/mol. The van der Waals surface area contributed by atoms with Crippen LogP contribution >= 0.6 is 0 Å². The number of anilines is 3. The normalized spacial score (nSPS) is 10.4. The maximum atomic E-state index is 5.43. The van der Waals surface area contributed by atoms with E-state index in [9.17, 15) is 0 Å². The van der Waals surface area contributed by atoms with Crippen molar-refractivity contribution in [3.8, 4) is 11.5 Å². The Kier molecular flexibility index (Phi) is 5.76. The number of aryl methyl sites for hydroxylation is 2. The molecule has 6 nitrogen and oxygen atoms in total. The van der Waals surface area contributed by atoms with Gasteiger partial charge in [0.15, 0.2) is 0 Å². The topological polar surface area (TPSA) is 68.3 Å². The van der Waals surface area contributed by atoms with E-state index in [1.54, 1.807) is 14.2 Å². The van der Waals surface area contributed by atoms with E-state index in [0.29, 0.717) is 24.1 Å². The highest BCUT2D eigenvalue weighted by molar-refractivity contribution is 5.66. The van der Waals surface area contributed by atoms with Gasteiger partial charge in [0, 0.05) is 24.4 Å².